The zero-order valence-corrected chi connectivity index (χ0v) is 7.46. The molecule has 1 unspecified atom stereocenters. The molecule has 0 aliphatic carbocycles. The maximum absolute atomic E-state index is 6.01. The quantitative estimate of drug-likeness (QED) is 0.609. The van der Waals surface area contributed by atoms with E-state index in [1.54, 1.807) is 0 Å². The van der Waals surface area contributed by atoms with Crippen LogP contribution in [0.2, 0.25) is 0 Å². The summed E-state index contributed by atoms with van der Waals surface area (Å²) in [5.74, 6) is 0. The molecular formula is C9H18N2. The molecule has 2 heteroatoms. The van der Waals surface area contributed by atoms with E-state index in [2.05, 4.69) is 18.7 Å². The minimum absolute atomic E-state index is 0.469. The number of hydrogen-bond acceptors (Lipinski definition) is 2. The summed E-state index contributed by atoms with van der Waals surface area (Å²) >= 11 is 0. The molecule has 0 saturated carbocycles. The van der Waals surface area contributed by atoms with Gasteiger partial charge in [-0.05, 0) is 33.1 Å². The van der Waals surface area contributed by atoms with Gasteiger partial charge in [-0.15, -0.1) is 0 Å². The molecule has 2 bridgehead atoms. The van der Waals surface area contributed by atoms with Crippen molar-refractivity contribution in [2.45, 2.75) is 57.3 Å². The summed E-state index contributed by atoms with van der Waals surface area (Å²) in [6.07, 6.45) is 3.96. The highest BCUT2D eigenvalue weighted by molar-refractivity contribution is 5.03. The lowest BCUT2D eigenvalue weighted by Crippen LogP contribution is -2.40. The first-order valence-corrected chi connectivity index (χ1v) is 4.73. The number of nitrogens with zero attached hydrogens (tertiary/aromatic N) is 1. The Bertz CT molecular complexity index is 156. The smallest absolute Gasteiger partial charge is 0.0254 e. The third-order valence-corrected chi connectivity index (χ3v) is 3.23. The van der Waals surface area contributed by atoms with Gasteiger partial charge in [0.2, 0.25) is 0 Å². The van der Waals surface area contributed by atoms with Crippen molar-refractivity contribution in [2.75, 3.05) is 0 Å². The predicted molar refractivity (Wildman–Crippen MR) is 46.4 cm³/mol. The van der Waals surface area contributed by atoms with Crippen molar-refractivity contribution < 1.29 is 0 Å². The van der Waals surface area contributed by atoms with Gasteiger partial charge < -0.3 is 5.73 Å². The number of rotatable bonds is 1. The maximum Gasteiger partial charge on any atom is 0.0254 e. The highest BCUT2D eigenvalue weighted by atomic mass is 15.3. The first-order chi connectivity index (χ1) is 5.20. The SMILES string of the molecule is CC(C)N1[C@@H]2CC[C@H]1C(N)C2. The van der Waals surface area contributed by atoms with Crippen LogP contribution in [0.4, 0.5) is 0 Å². The zero-order chi connectivity index (χ0) is 8.01. The van der Waals surface area contributed by atoms with Crippen LogP contribution in [0.1, 0.15) is 33.1 Å². The summed E-state index contributed by atoms with van der Waals surface area (Å²) in [4.78, 5) is 2.62. The second-order valence-corrected chi connectivity index (χ2v) is 4.24. The molecular weight excluding hydrogens is 136 g/mol. The van der Waals surface area contributed by atoms with Crippen LogP contribution in [0, 0.1) is 0 Å². The van der Waals surface area contributed by atoms with Gasteiger partial charge in [0.15, 0.2) is 0 Å². The molecule has 2 aliphatic rings. The van der Waals surface area contributed by atoms with Crippen LogP contribution in [0.5, 0.6) is 0 Å². The lowest BCUT2D eigenvalue weighted by atomic mass is 9.97. The maximum atomic E-state index is 6.01. The summed E-state index contributed by atoms with van der Waals surface area (Å²) in [7, 11) is 0. The molecule has 2 aliphatic heterocycles. The van der Waals surface area contributed by atoms with Gasteiger partial charge in [-0.25, -0.2) is 0 Å². The van der Waals surface area contributed by atoms with Crippen molar-refractivity contribution in [3.8, 4) is 0 Å². The summed E-state index contributed by atoms with van der Waals surface area (Å²) in [6.45, 7) is 4.56. The van der Waals surface area contributed by atoms with Gasteiger partial charge in [0, 0.05) is 24.2 Å². The van der Waals surface area contributed by atoms with Crippen molar-refractivity contribution in [3.63, 3.8) is 0 Å². The number of fused-ring (bicyclic) bond motifs is 2. The zero-order valence-electron chi connectivity index (χ0n) is 7.46. The first kappa shape index (κ1) is 7.56. The van der Waals surface area contributed by atoms with E-state index < -0.39 is 0 Å². The molecule has 0 aromatic heterocycles. The van der Waals surface area contributed by atoms with Crippen LogP contribution in [-0.2, 0) is 0 Å². The summed E-state index contributed by atoms with van der Waals surface area (Å²) in [5, 5.41) is 0. The van der Waals surface area contributed by atoms with E-state index in [1.165, 1.54) is 19.3 Å². The lowest BCUT2D eigenvalue weighted by Gasteiger charge is -2.26. The van der Waals surface area contributed by atoms with Gasteiger partial charge >= 0.3 is 0 Å². The normalized spacial score (nSPS) is 44.2. The third kappa shape index (κ3) is 1.00. The molecule has 0 aromatic carbocycles. The highest BCUT2D eigenvalue weighted by Gasteiger charge is 2.45. The molecule has 3 atom stereocenters. The topological polar surface area (TPSA) is 29.3 Å². The van der Waals surface area contributed by atoms with Crippen molar-refractivity contribution in [1.82, 2.24) is 4.90 Å². The van der Waals surface area contributed by atoms with E-state index in [-0.39, 0.29) is 0 Å². The fraction of sp³-hybridized carbons (Fsp3) is 1.00. The second-order valence-electron chi connectivity index (χ2n) is 4.24. The number of hydrogen-bond donors (Lipinski definition) is 1. The Balaban J connectivity index is 2.13. The minimum atomic E-state index is 0.469. The van der Waals surface area contributed by atoms with Crippen LogP contribution in [0.25, 0.3) is 0 Å². The van der Waals surface area contributed by atoms with E-state index in [4.69, 9.17) is 5.73 Å². The Morgan fingerprint density at radius 1 is 1.36 bits per heavy atom. The van der Waals surface area contributed by atoms with Crippen LogP contribution < -0.4 is 5.73 Å². The second kappa shape index (κ2) is 2.46. The molecule has 0 spiro atoms. The molecule has 2 fully saturated rings. The summed E-state index contributed by atoms with van der Waals surface area (Å²) < 4.78 is 0. The molecule has 0 amide bonds. The number of nitrogens with two attached hydrogens (primary N) is 1. The Kier molecular flexibility index (Phi) is 1.69. The van der Waals surface area contributed by atoms with E-state index in [9.17, 15) is 0 Å². The van der Waals surface area contributed by atoms with Crippen LogP contribution >= 0.6 is 0 Å². The van der Waals surface area contributed by atoms with Crippen molar-refractivity contribution in [1.29, 1.82) is 0 Å². The molecule has 2 N–H and O–H groups in total. The average molecular weight is 154 g/mol. The molecule has 2 nitrogen and oxygen atoms in total. The third-order valence-electron chi connectivity index (χ3n) is 3.23. The molecule has 2 saturated heterocycles. The average Bonchev–Trinajstić information content (AvgIpc) is 2.41. The van der Waals surface area contributed by atoms with E-state index in [1.807, 2.05) is 0 Å². The highest BCUT2D eigenvalue weighted by Crippen LogP contribution is 2.37. The first-order valence-electron chi connectivity index (χ1n) is 4.73. The molecule has 2 heterocycles. The van der Waals surface area contributed by atoms with Gasteiger partial charge in [0.05, 0.1) is 0 Å². The predicted octanol–water partition coefficient (Wildman–Crippen LogP) is 0.959. The molecule has 11 heavy (non-hydrogen) atoms. The van der Waals surface area contributed by atoms with Crippen molar-refractivity contribution in [2.24, 2.45) is 5.73 Å². The van der Waals surface area contributed by atoms with Gasteiger partial charge in [-0.3, -0.25) is 4.90 Å². The Morgan fingerprint density at radius 2 is 2.09 bits per heavy atom. The van der Waals surface area contributed by atoms with E-state index >= 15 is 0 Å². The molecule has 0 aromatic rings. The van der Waals surface area contributed by atoms with Crippen molar-refractivity contribution in [3.05, 3.63) is 0 Å². The fourth-order valence-electron chi connectivity index (χ4n) is 2.88. The van der Waals surface area contributed by atoms with Gasteiger partial charge in [-0.2, -0.15) is 0 Å². The molecule has 2 rings (SSSR count). The summed E-state index contributed by atoms with van der Waals surface area (Å²) in [6, 6.07) is 2.69. The Labute approximate surface area is 68.7 Å². The Hall–Kier alpha value is -0.0800. The van der Waals surface area contributed by atoms with Gasteiger partial charge in [0.25, 0.3) is 0 Å². The van der Waals surface area contributed by atoms with Crippen LogP contribution in [0.15, 0.2) is 0 Å². The minimum Gasteiger partial charge on any atom is -0.326 e. The summed E-state index contributed by atoms with van der Waals surface area (Å²) in [5.41, 5.74) is 6.01. The van der Waals surface area contributed by atoms with Crippen molar-refractivity contribution >= 4 is 0 Å². The van der Waals surface area contributed by atoms with E-state index in [0.29, 0.717) is 18.1 Å². The van der Waals surface area contributed by atoms with Crippen LogP contribution in [0.3, 0.4) is 0 Å². The molecule has 64 valence electrons. The van der Waals surface area contributed by atoms with Gasteiger partial charge in [0.1, 0.15) is 0 Å². The standard InChI is InChI=1S/C9H18N2/c1-6(2)11-7-3-4-9(11)8(10)5-7/h6-9H,3-5,10H2,1-2H3/t7-,8?,9+/m1/s1. The monoisotopic (exact) mass is 154 g/mol. The van der Waals surface area contributed by atoms with Gasteiger partial charge in [-0.1, -0.05) is 0 Å². The Morgan fingerprint density at radius 3 is 2.36 bits per heavy atom. The lowest BCUT2D eigenvalue weighted by molar-refractivity contribution is 0.197. The largest absolute Gasteiger partial charge is 0.326 e. The fourth-order valence-corrected chi connectivity index (χ4v) is 2.88. The van der Waals surface area contributed by atoms with Crippen LogP contribution in [-0.4, -0.2) is 29.1 Å². The molecule has 0 radical (unpaired) electrons. The van der Waals surface area contributed by atoms with E-state index in [0.717, 1.165) is 6.04 Å².